The van der Waals surface area contributed by atoms with E-state index in [0.29, 0.717) is 15.8 Å². The second kappa shape index (κ2) is 10.8. The van der Waals surface area contributed by atoms with Crippen LogP contribution in [0.3, 0.4) is 0 Å². The maximum atomic E-state index is 14.3. The number of aliphatic carboxylic acids is 1. The zero-order valence-electron chi connectivity index (χ0n) is 20.5. The van der Waals surface area contributed by atoms with Gasteiger partial charge in [-0.3, -0.25) is 24.0 Å². The number of hydrogen-bond acceptors (Lipinski definition) is 5. The highest BCUT2D eigenvalue weighted by atomic mass is 35.5. The van der Waals surface area contributed by atoms with E-state index in [9.17, 15) is 45.8 Å². The predicted molar refractivity (Wildman–Crippen MR) is 128 cm³/mol. The molecule has 2 aliphatic carbocycles. The molecule has 0 bridgehead atoms. The molecule has 2 aromatic heterocycles. The number of pyridine rings is 1. The van der Waals surface area contributed by atoms with Gasteiger partial charge in [-0.25, -0.2) is 0 Å². The van der Waals surface area contributed by atoms with E-state index in [-0.39, 0.29) is 54.1 Å². The maximum absolute atomic E-state index is 14.3. The van der Waals surface area contributed by atoms with Crippen molar-refractivity contribution in [2.45, 2.75) is 56.9 Å². The van der Waals surface area contributed by atoms with Crippen LogP contribution in [0.5, 0.6) is 0 Å². The number of carboxylic acid groups (broad SMARTS) is 1. The Morgan fingerprint density at radius 3 is 2.05 bits per heavy atom. The zero-order valence-corrected chi connectivity index (χ0v) is 22.0. The number of alkyl halides is 6. The van der Waals surface area contributed by atoms with Crippen LogP contribution in [0, 0.1) is 11.3 Å². The molecule has 16 heteroatoms. The maximum Gasteiger partial charge on any atom is 0.433 e. The normalized spacial score (nSPS) is 20.7. The van der Waals surface area contributed by atoms with Crippen LogP contribution in [-0.4, -0.2) is 61.7 Å². The van der Waals surface area contributed by atoms with Crippen molar-refractivity contribution in [3.05, 3.63) is 45.5 Å². The number of nitrogens with zero attached hydrogens (tertiary/aromatic N) is 4. The number of ketones is 1. The molecular weight excluding hydrogens is 593 g/mol. The van der Waals surface area contributed by atoms with Crippen LogP contribution in [-0.2, 0) is 11.0 Å². The number of carboxylic acids is 1. The Morgan fingerprint density at radius 2 is 1.57 bits per heavy atom. The number of carbonyl (C=O) groups is 3. The molecule has 0 spiro atoms. The fourth-order valence-electron chi connectivity index (χ4n) is 4.99. The van der Waals surface area contributed by atoms with Gasteiger partial charge in [0.2, 0.25) is 0 Å². The van der Waals surface area contributed by atoms with Gasteiger partial charge >= 0.3 is 18.3 Å². The molecule has 1 N–H and O–H groups in total. The van der Waals surface area contributed by atoms with Crippen molar-refractivity contribution in [2.24, 2.45) is 11.3 Å². The quantitative estimate of drug-likeness (QED) is 0.285. The lowest BCUT2D eigenvalue weighted by Gasteiger charge is -2.30. The Labute approximate surface area is 233 Å². The smallest absolute Gasteiger partial charge is 0.433 e. The molecule has 0 unspecified atom stereocenters. The summed E-state index contributed by atoms with van der Waals surface area (Å²) in [5.74, 6) is -4.26. The van der Waals surface area contributed by atoms with Gasteiger partial charge in [0.15, 0.2) is 11.5 Å². The third-order valence-corrected chi connectivity index (χ3v) is 7.96. The lowest BCUT2D eigenvalue weighted by molar-refractivity contribution is -0.189. The van der Waals surface area contributed by atoms with E-state index in [1.54, 1.807) is 0 Å². The van der Waals surface area contributed by atoms with Crippen molar-refractivity contribution in [2.75, 3.05) is 13.1 Å². The van der Waals surface area contributed by atoms with Gasteiger partial charge in [0.25, 0.3) is 5.91 Å². The van der Waals surface area contributed by atoms with Crippen LogP contribution in [0.4, 0.5) is 26.3 Å². The van der Waals surface area contributed by atoms with Gasteiger partial charge < -0.3 is 10.0 Å². The summed E-state index contributed by atoms with van der Waals surface area (Å²) >= 11 is 12.0. The molecule has 218 valence electrons. The SMILES string of the molecule is O=C(CN(CC1(C(F)(F)F)CC1)C(=O)c1cnn([C@H]2CC[C@H](C(=O)O)CC2)c1C(F)(F)F)c1c(Cl)cncc1Cl. The molecule has 1 amide bonds. The van der Waals surface area contributed by atoms with Crippen molar-refractivity contribution < 1.29 is 45.8 Å². The van der Waals surface area contributed by atoms with Crippen molar-refractivity contribution in [3.63, 3.8) is 0 Å². The average Bonchev–Trinajstić information content (AvgIpc) is 3.51. The number of halogens is 8. The highest BCUT2D eigenvalue weighted by Crippen LogP contribution is 2.58. The third-order valence-electron chi connectivity index (χ3n) is 7.39. The van der Waals surface area contributed by atoms with Gasteiger partial charge in [-0.15, -0.1) is 0 Å². The first-order chi connectivity index (χ1) is 18.6. The standard InChI is InChI=1S/C24H22Cl2F6N4O4/c25-15-8-33-9-16(26)18(15)17(37)10-35(11-22(5-6-22)24(30,31)32)20(38)14-7-34-36(19(14)23(27,28)29)13-3-1-12(2-4-13)21(39)40/h7-9,12-13H,1-6,10-11H2,(H,39,40)/t12-,13-. The van der Waals surface area contributed by atoms with Gasteiger partial charge in [0.1, 0.15) is 0 Å². The molecule has 2 saturated carbocycles. The number of amides is 1. The van der Waals surface area contributed by atoms with Crippen LogP contribution in [0.2, 0.25) is 10.0 Å². The van der Waals surface area contributed by atoms with Crippen molar-refractivity contribution in [1.82, 2.24) is 19.7 Å². The Bertz CT molecular complexity index is 1300. The molecule has 0 saturated heterocycles. The third kappa shape index (κ3) is 5.92. The van der Waals surface area contributed by atoms with Crippen LogP contribution < -0.4 is 0 Å². The first-order valence-corrected chi connectivity index (χ1v) is 12.9. The highest BCUT2D eigenvalue weighted by Gasteiger charge is 2.64. The van der Waals surface area contributed by atoms with Gasteiger partial charge in [-0.1, -0.05) is 23.2 Å². The molecule has 2 aliphatic rings. The number of hydrogen-bond donors (Lipinski definition) is 1. The molecule has 4 rings (SSSR count). The number of Topliss-reactive ketones (excluding diaryl/α,β-unsaturated/α-hetero) is 1. The van der Waals surface area contributed by atoms with Gasteiger partial charge in [0.05, 0.1) is 51.3 Å². The monoisotopic (exact) mass is 614 g/mol. The molecule has 0 atom stereocenters. The summed E-state index contributed by atoms with van der Waals surface area (Å²) in [5, 5.41) is 12.4. The average molecular weight is 615 g/mol. The minimum atomic E-state index is -5.14. The number of aromatic nitrogens is 3. The first kappa shape index (κ1) is 30.1. The summed E-state index contributed by atoms with van der Waals surface area (Å²) < 4.78 is 84.8. The predicted octanol–water partition coefficient (Wildman–Crippen LogP) is 6.09. The minimum absolute atomic E-state index is 0.0355. The summed E-state index contributed by atoms with van der Waals surface area (Å²) in [6, 6.07) is -0.886. The first-order valence-electron chi connectivity index (χ1n) is 12.1. The summed E-state index contributed by atoms with van der Waals surface area (Å²) in [7, 11) is 0. The Hall–Kier alpha value is -2.87. The van der Waals surface area contributed by atoms with Gasteiger partial charge in [0, 0.05) is 18.9 Å². The minimum Gasteiger partial charge on any atom is -0.481 e. The van der Waals surface area contributed by atoms with Crippen molar-refractivity contribution in [3.8, 4) is 0 Å². The van der Waals surface area contributed by atoms with E-state index in [1.165, 1.54) is 0 Å². The molecular formula is C24H22Cl2F6N4O4. The highest BCUT2D eigenvalue weighted by molar-refractivity contribution is 6.39. The van der Waals surface area contributed by atoms with Crippen LogP contribution >= 0.6 is 23.2 Å². The molecule has 0 radical (unpaired) electrons. The lowest BCUT2D eigenvalue weighted by atomic mass is 9.86. The molecule has 2 aromatic rings. The van der Waals surface area contributed by atoms with Crippen LogP contribution in [0.15, 0.2) is 18.6 Å². The fourth-order valence-corrected chi connectivity index (χ4v) is 5.57. The van der Waals surface area contributed by atoms with Gasteiger partial charge in [-0.05, 0) is 38.5 Å². The Kier molecular flexibility index (Phi) is 8.16. The molecule has 40 heavy (non-hydrogen) atoms. The molecule has 8 nitrogen and oxygen atoms in total. The largest absolute Gasteiger partial charge is 0.481 e. The van der Waals surface area contributed by atoms with E-state index in [0.717, 1.165) is 12.4 Å². The second-order valence-corrected chi connectivity index (χ2v) is 10.8. The van der Waals surface area contributed by atoms with Crippen LogP contribution in [0.25, 0.3) is 0 Å². The van der Waals surface area contributed by atoms with E-state index in [4.69, 9.17) is 23.2 Å². The lowest BCUT2D eigenvalue weighted by Crippen LogP contribution is -2.44. The van der Waals surface area contributed by atoms with E-state index >= 15 is 0 Å². The summed E-state index contributed by atoms with van der Waals surface area (Å²) in [4.78, 5) is 41.9. The van der Waals surface area contributed by atoms with Gasteiger partial charge in [-0.2, -0.15) is 31.4 Å². The fraction of sp³-hybridized carbons (Fsp3) is 0.542. The van der Waals surface area contributed by atoms with Crippen molar-refractivity contribution in [1.29, 1.82) is 0 Å². The van der Waals surface area contributed by atoms with Crippen LogP contribution in [0.1, 0.15) is 71.0 Å². The number of rotatable bonds is 8. The van der Waals surface area contributed by atoms with E-state index in [2.05, 4.69) is 10.1 Å². The molecule has 2 fully saturated rings. The molecule has 0 aliphatic heterocycles. The topological polar surface area (TPSA) is 105 Å². The Morgan fingerprint density at radius 1 is 1.00 bits per heavy atom. The van der Waals surface area contributed by atoms with E-state index in [1.807, 2.05) is 0 Å². The summed E-state index contributed by atoms with van der Waals surface area (Å²) in [6.07, 6.45) is -7.70. The van der Waals surface area contributed by atoms with E-state index < -0.39 is 71.7 Å². The molecule has 2 heterocycles. The van der Waals surface area contributed by atoms with Crippen molar-refractivity contribution >= 4 is 40.9 Å². The molecule has 0 aromatic carbocycles. The summed E-state index contributed by atoms with van der Waals surface area (Å²) in [5.41, 5.74) is -5.22. The summed E-state index contributed by atoms with van der Waals surface area (Å²) in [6.45, 7) is -2.10. The number of carbonyl (C=O) groups excluding carboxylic acids is 2. The second-order valence-electron chi connectivity index (χ2n) is 10.0. The Balaban J connectivity index is 1.70. The zero-order chi connectivity index (χ0) is 29.6.